The van der Waals surface area contributed by atoms with Gasteiger partial charge in [0.25, 0.3) is 0 Å². The zero-order valence-electron chi connectivity index (χ0n) is 8.41. The van der Waals surface area contributed by atoms with Crippen molar-refractivity contribution in [3.8, 4) is 0 Å². The highest BCUT2D eigenvalue weighted by Crippen LogP contribution is 2.16. The molecule has 4 heteroatoms. The third-order valence-electron chi connectivity index (χ3n) is 2.26. The molecule has 3 nitrogen and oxygen atoms in total. The predicted octanol–water partition coefficient (Wildman–Crippen LogP) is 1.09. The Morgan fingerprint density at radius 3 is 2.77 bits per heavy atom. The van der Waals surface area contributed by atoms with Crippen LogP contribution >= 0.6 is 11.8 Å². The van der Waals surface area contributed by atoms with Crippen LogP contribution in [0.15, 0.2) is 0 Å². The van der Waals surface area contributed by atoms with E-state index in [0.717, 1.165) is 6.54 Å². The van der Waals surface area contributed by atoms with Crippen molar-refractivity contribution < 1.29 is 9.47 Å². The van der Waals surface area contributed by atoms with Crippen LogP contribution in [-0.4, -0.2) is 44.6 Å². The third-order valence-corrected chi connectivity index (χ3v) is 3.47. The molecule has 0 aromatic carbocycles. The molecule has 0 bridgehead atoms. The molecule has 1 fully saturated rings. The van der Waals surface area contributed by atoms with Crippen LogP contribution in [-0.2, 0) is 9.47 Å². The van der Waals surface area contributed by atoms with Crippen molar-refractivity contribution in [3.63, 3.8) is 0 Å². The van der Waals surface area contributed by atoms with E-state index in [0.29, 0.717) is 6.04 Å². The summed E-state index contributed by atoms with van der Waals surface area (Å²) in [5, 5.41) is 3.45. The summed E-state index contributed by atoms with van der Waals surface area (Å²) in [4.78, 5) is 0. The molecule has 1 N–H and O–H groups in total. The van der Waals surface area contributed by atoms with Gasteiger partial charge >= 0.3 is 0 Å². The van der Waals surface area contributed by atoms with Crippen molar-refractivity contribution in [1.82, 2.24) is 5.32 Å². The van der Waals surface area contributed by atoms with Gasteiger partial charge in [-0.1, -0.05) is 0 Å². The van der Waals surface area contributed by atoms with Crippen molar-refractivity contribution in [3.05, 3.63) is 0 Å². The highest BCUT2D eigenvalue weighted by molar-refractivity contribution is 7.99. The van der Waals surface area contributed by atoms with E-state index in [9.17, 15) is 0 Å². The lowest BCUT2D eigenvalue weighted by atomic mass is 10.2. The fourth-order valence-corrected chi connectivity index (χ4v) is 2.53. The lowest BCUT2D eigenvalue weighted by Crippen LogP contribution is -2.39. The molecular formula is C9H19NO2S. The highest BCUT2D eigenvalue weighted by atomic mass is 32.2. The molecule has 0 aromatic rings. The molecule has 0 saturated carbocycles. The van der Waals surface area contributed by atoms with Gasteiger partial charge in [-0.25, -0.2) is 0 Å². The number of hydrogen-bond donors (Lipinski definition) is 1. The fraction of sp³-hybridized carbons (Fsp3) is 1.00. The second-order valence-corrected chi connectivity index (χ2v) is 4.37. The normalized spacial score (nSPS) is 23.8. The zero-order valence-corrected chi connectivity index (χ0v) is 9.23. The van der Waals surface area contributed by atoms with E-state index in [1.165, 1.54) is 24.3 Å². The fourth-order valence-electron chi connectivity index (χ4n) is 1.43. The van der Waals surface area contributed by atoms with Gasteiger partial charge in [-0.2, -0.15) is 11.8 Å². The standard InChI is InChI=1S/C9H19NO2S/c1-11-9(12-2)6-10-8-4-3-5-13-7-8/h8-10H,3-7H2,1-2H3. The molecule has 13 heavy (non-hydrogen) atoms. The van der Waals surface area contributed by atoms with E-state index in [-0.39, 0.29) is 6.29 Å². The van der Waals surface area contributed by atoms with E-state index in [2.05, 4.69) is 5.32 Å². The van der Waals surface area contributed by atoms with Gasteiger partial charge in [0.2, 0.25) is 0 Å². The summed E-state index contributed by atoms with van der Waals surface area (Å²) in [7, 11) is 3.34. The SMILES string of the molecule is COC(CNC1CCCSC1)OC. The average molecular weight is 205 g/mol. The van der Waals surface area contributed by atoms with E-state index in [1.54, 1.807) is 14.2 Å². The van der Waals surface area contributed by atoms with Gasteiger partial charge in [0.1, 0.15) is 0 Å². The van der Waals surface area contributed by atoms with Gasteiger partial charge < -0.3 is 14.8 Å². The molecule has 0 amide bonds. The zero-order chi connectivity index (χ0) is 9.52. The van der Waals surface area contributed by atoms with E-state index >= 15 is 0 Å². The van der Waals surface area contributed by atoms with Gasteiger partial charge in [-0.3, -0.25) is 0 Å². The van der Waals surface area contributed by atoms with Crippen LogP contribution in [0.4, 0.5) is 0 Å². The first kappa shape index (κ1) is 11.3. The average Bonchev–Trinajstić information content (AvgIpc) is 2.21. The molecule has 1 rings (SSSR count). The lowest BCUT2D eigenvalue weighted by molar-refractivity contribution is -0.0997. The molecule has 1 aliphatic heterocycles. The summed E-state index contributed by atoms with van der Waals surface area (Å²) >= 11 is 2.03. The number of ether oxygens (including phenoxy) is 2. The first-order valence-electron chi connectivity index (χ1n) is 4.73. The maximum atomic E-state index is 5.10. The van der Waals surface area contributed by atoms with Crippen LogP contribution < -0.4 is 5.32 Å². The Labute approximate surface area is 84.6 Å². The van der Waals surface area contributed by atoms with Crippen LogP contribution in [0, 0.1) is 0 Å². The number of rotatable bonds is 5. The van der Waals surface area contributed by atoms with E-state index in [4.69, 9.17) is 9.47 Å². The van der Waals surface area contributed by atoms with Crippen molar-refractivity contribution >= 4 is 11.8 Å². The minimum atomic E-state index is -0.105. The van der Waals surface area contributed by atoms with Crippen molar-refractivity contribution in [1.29, 1.82) is 0 Å². The highest BCUT2D eigenvalue weighted by Gasteiger charge is 2.14. The maximum Gasteiger partial charge on any atom is 0.169 e. The first-order chi connectivity index (χ1) is 6.36. The number of methoxy groups -OCH3 is 2. The largest absolute Gasteiger partial charge is 0.355 e. The molecule has 1 unspecified atom stereocenters. The topological polar surface area (TPSA) is 30.5 Å². The number of thioether (sulfide) groups is 1. The van der Waals surface area contributed by atoms with Crippen molar-refractivity contribution in [2.24, 2.45) is 0 Å². The molecule has 0 radical (unpaired) electrons. The Balaban J connectivity index is 2.09. The van der Waals surface area contributed by atoms with E-state index in [1.807, 2.05) is 11.8 Å². The van der Waals surface area contributed by atoms with Crippen molar-refractivity contribution in [2.45, 2.75) is 25.2 Å². The molecular weight excluding hydrogens is 186 g/mol. The summed E-state index contributed by atoms with van der Waals surface area (Å²) in [6.45, 7) is 0.790. The minimum absolute atomic E-state index is 0.105. The minimum Gasteiger partial charge on any atom is -0.355 e. The Hall–Kier alpha value is 0.230. The van der Waals surface area contributed by atoms with Gasteiger partial charge in [0.05, 0.1) is 0 Å². The maximum absolute atomic E-state index is 5.10. The summed E-state index contributed by atoms with van der Waals surface area (Å²) in [6, 6.07) is 0.645. The molecule has 1 heterocycles. The van der Waals surface area contributed by atoms with Crippen LogP contribution in [0.1, 0.15) is 12.8 Å². The van der Waals surface area contributed by atoms with E-state index < -0.39 is 0 Å². The predicted molar refractivity (Wildman–Crippen MR) is 56.2 cm³/mol. The molecule has 0 spiro atoms. The molecule has 0 aromatic heterocycles. The smallest absolute Gasteiger partial charge is 0.169 e. The van der Waals surface area contributed by atoms with Crippen LogP contribution in [0.25, 0.3) is 0 Å². The van der Waals surface area contributed by atoms with Crippen LogP contribution in [0.5, 0.6) is 0 Å². The Morgan fingerprint density at radius 1 is 1.46 bits per heavy atom. The lowest BCUT2D eigenvalue weighted by Gasteiger charge is -2.24. The number of hydrogen-bond acceptors (Lipinski definition) is 4. The van der Waals surface area contributed by atoms with Gasteiger partial charge in [-0.15, -0.1) is 0 Å². The summed E-state index contributed by atoms with van der Waals surface area (Å²) in [5.74, 6) is 2.54. The third kappa shape index (κ3) is 4.31. The molecule has 1 aliphatic rings. The molecule has 78 valence electrons. The quantitative estimate of drug-likeness (QED) is 0.681. The van der Waals surface area contributed by atoms with Crippen molar-refractivity contribution in [2.75, 3.05) is 32.3 Å². The Bertz CT molecular complexity index is 125. The second kappa shape index (κ2) is 6.65. The molecule has 0 aliphatic carbocycles. The Morgan fingerprint density at radius 2 is 2.23 bits per heavy atom. The van der Waals surface area contributed by atoms with Gasteiger partial charge in [0.15, 0.2) is 6.29 Å². The van der Waals surface area contributed by atoms with Crippen LogP contribution in [0.3, 0.4) is 0 Å². The summed E-state index contributed by atoms with van der Waals surface area (Å²) < 4.78 is 10.2. The monoisotopic (exact) mass is 205 g/mol. The second-order valence-electron chi connectivity index (χ2n) is 3.22. The summed E-state index contributed by atoms with van der Waals surface area (Å²) in [6.07, 6.45) is 2.51. The van der Waals surface area contributed by atoms with Gasteiger partial charge in [-0.05, 0) is 18.6 Å². The summed E-state index contributed by atoms with van der Waals surface area (Å²) in [5.41, 5.74) is 0. The Kier molecular flexibility index (Phi) is 5.78. The van der Waals surface area contributed by atoms with Crippen LogP contribution in [0.2, 0.25) is 0 Å². The molecule has 1 saturated heterocycles. The molecule has 1 atom stereocenters. The number of nitrogens with one attached hydrogen (secondary N) is 1. The first-order valence-corrected chi connectivity index (χ1v) is 5.89. The van der Waals surface area contributed by atoms with Gasteiger partial charge in [0, 0.05) is 32.6 Å².